The van der Waals surface area contributed by atoms with Gasteiger partial charge in [-0.05, 0) is 115 Å². The second kappa shape index (κ2) is 9.35. The molecular formula is C40H43N. The van der Waals surface area contributed by atoms with Crippen molar-refractivity contribution in [2.75, 3.05) is 5.32 Å². The molecule has 0 bridgehead atoms. The Morgan fingerprint density at radius 3 is 1.54 bits per heavy atom. The van der Waals surface area contributed by atoms with E-state index in [0.29, 0.717) is 0 Å². The number of nitrogens with one attached hydrogen (secondary N) is 1. The van der Waals surface area contributed by atoms with Crippen molar-refractivity contribution >= 4 is 22.1 Å². The highest BCUT2D eigenvalue weighted by molar-refractivity contribution is 5.96. The van der Waals surface area contributed by atoms with E-state index >= 15 is 0 Å². The molecule has 0 atom stereocenters. The molecule has 0 aromatic heterocycles. The normalized spacial score (nSPS) is 15.3. The summed E-state index contributed by atoms with van der Waals surface area (Å²) in [5, 5.41) is 6.30. The summed E-state index contributed by atoms with van der Waals surface area (Å²) in [7, 11) is 0. The Kier molecular flexibility index (Phi) is 6.23. The molecule has 0 unspecified atom stereocenters. The predicted molar refractivity (Wildman–Crippen MR) is 179 cm³/mol. The number of fused-ring (bicyclic) bond motifs is 7. The van der Waals surface area contributed by atoms with Gasteiger partial charge in [-0.1, -0.05) is 105 Å². The number of anilines is 2. The predicted octanol–water partition coefficient (Wildman–Crippen LogP) is 11.5. The Bertz CT molecular complexity index is 1790. The first kappa shape index (κ1) is 27.3. The van der Waals surface area contributed by atoms with Gasteiger partial charge in [0.15, 0.2) is 0 Å². The van der Waals surface area contributed by atoms with Crippen LogP contribution in [0.4, 0.5) is 11.4 Å². The second-order valence-electron chi connectivity index (χ2n) is 13.7. The van der Waals surface area contributed by atoms with Crippen LogP contribution in [0, 0.1) is 0 Å². The molecule has 0 aliphatic heterocycles. The van der Waals surface area contributed by atoms with Gasteiger partial charge in [0, 0.05) is 22.2 Å². The summed E-state index contributed by atoms with van der Waals surface area (Å²) < 4.78 is 0. The number of benzene rings is 5. The topological polar surface area (TPSA) is 12.0 Å². The van der Waals surface area contributed by atoms with E-state index in [1.807, 2.05) is 13.8 Å². The summed E-state index contributed by atoms with van der Waals surface area (Å²) in [6, 6.07) is 34.4. The molecule has 208 valence electrons. The second-order valence-corrected chi connectivity index (χ2v) is 13.7. The summed E-state index contributed by atoms with van der Waals surface area (Å²) in [5.41, 5.74) is 14.9. The standard InChI is InChI=1S/C38H37N.C2H6/c1-36(2,3)25-12-14-26(15-13-25)39-27-16-17-28-30-21-35-31(22-34(30)38(6,7)33(28)20-27)29-18-23-10-8-9-11-24(23)19-32(29)37(35,4)5;1-2/h8-22,39H,1-7H3;1-2H3. The summed E-state index contributed by atoms with van der Waals surface area (Å²) in [5.74, 6) is 0. The molecule has 2 aliphatic rings. The maximum atomic E-state index is 3.67. The van der Waals surface area contributed by atoms with Crippen molar-refractivity contribution in [2.45, 2.75) is 78.6 Å². The van der Waals surface area contributed by atoms with Crippen molar-refractivity contribution in [3.63, 3.8) is 0 Å². The highest BCUT2D eigenvalue weighted by Crippen LogP contribution is 2.56. The van der Waals surface area contributed by atoms with E-state index < -0.39 is 0 Å². The molecule has 1 N–H and O–H groups in total. The Balaban J connectivity index is 0.00000148. The number of rotatable bonds is 2. The minimum absolute atomic E-state index is 0.0304. The van der Waals surface area contributed by atoms with Crippen LogP contribution in [-0.4, -0.2) is 0 Å². The van der Waals surface area contributed by atoms with Crippen LogP contribution in [0.15, 0.2) is 91.0 Å². The maximum absolute atomic E-state index is 3.67. The molecule has 7 rings (SSSR count). The SMILES string of the molecule is CC.CC(C)(C)c1ccc(Nc2ccc3c(c2)C(C)(C)c2cc4c(cc2-3)C(C)(C)c2cc3ccccc3cc2-4)cc1. The van der Waals surface area contributed by atoms with Crippen LogP contribution in [0.2, 0.25) is 0 Å². The molecular weight excluding hydrogens is 494 g/mol. The first-order chi connectivity index (χ1) is 19.4. The average molecular weight is 538 g/mol. The lowest BCUT2D eigenvalue weighted by Crippen LogP contribution is -2.17. The Labute approximate surface area is 246 Å². The molecule has 0 saturated heterocycles. The molecule has 0 saturated carbocycles. The van der Waals surface area contributed by atoms with Crippen LogP contribution in [0.25, 0.3) is 33.0 Å². The lowest BCUT2D eigenvalue weighted by molar-refractivity contribution is 0.590. The van der Waals surface area contributed by atoms with Crippen LogP contribution in [-0.2, 0) is 16.2 Å². The lowest BCUT2D eigenvalue weighted by atomic mass is 9.79. The summed E-state index contributed by atoms with van der Waals surface area (Å²) in [6.45, 7) is 20.3. The molecule has 0 radical (unpaired) electrons. The summed E-state index contributed by atoms with van der Waals surface area (Å²) in [6.07, 6.45) is 0. The Hall–Kier alpha value is -3.84. The van der Waals surface area contributed by atoms with E-state index in [-0.39, 0.29) is 16.2 Å². The fraction of sp³-hybridized carbons (Fsp3) is 0.300. The van der Waals surface area contributed by atoms with Crippen molar-refractivity contribution < 1.29 is 0 Å². The quantitative estimate of drug-likeness (QED) is 0.236. The third-order valence-electron chi connectivity index (χ3n) is 9.38. The zero-order valence-corrected chi connectivity index (χ0v) is 26.2. The molecule has 2 aliphatic carbocycles. The first-order valence-electron chi connectivity index (χ1n) is 15.2. The smallest absolute Gasteiger partial charge is 0.0387 e. The van der Waals surface area contributed by atoms with Gasteiger partial charge in [-0.25, -0.2) is 0 Å². The van der Waals surface area contributed by atoms with E-state index in [0.717, 1.165) is 11.4 Å². The fourth-order valence-electron chi connectivity index (χ4n) is 6.94. The van der Waals surface area contributed by atoms with Crippen molar-refractivity contribution in [2.24, 2.45) is 0 Å². The van der Waals surface area contributed by atoms with Gasteiger partial charge in [0.25, 0.3) is 0 Å². The molecule has 5 aromatic rings. The van der Waals surface area contributed by atoms with E-state index in [1.54, 1.807) is 0 Å². The van der Waals surface area contributed by atoms with Gasteiger partial charge < -0.3 is 5.32 Å². The Morgan fingerprint density at radius 2 is 0.951 bits per heavy atom. The van der Waals surface area contributed by atoms with Crippen LogP contribution >= 0.6 is 0 Å². The van der Waals surface area contributed by atoms with E-state index in [2.05, 4.69) is 145 Å². The zero-order valence-electron chi connectivity index (χ0n) is 26.2. The number of hydrogen-bond acceptors (Lipinski definition) is 1. The molecule has 1 nitrogen and oxygen atoms in total. The van der Waals surface area contributed by atoms with Crippen LogP contribution in [0.1, 0.15) is 90.1 Å². The van der Waals surface area contributed by atoms with E-state index in [4.69, 9.17) is 0 Å². The van der Waals surface area contributed by atoms with Gasteiger partial charge in [0.1, 0.15) is 0 Å². The first-order valence-corrected chi connectivity index (χ1v) is 15.2. The van der Waals surface area contributed by atoms with Crippen LogP contribution in [0.3, 0.4) is 0 Å². The van der Waals surface area contributed by atoms with Gasteiger partial charge in [0.2, 0.25) is 0 Å². The summed E-state index contributed by atoms with van der Waals surface area (Å²) in [4.78, 5) is 0. The monoisotopic (exact) mass is 537 g/mol. The molecule has 0 fully saturated rings. The van der Waals surface area contributed by atoms with E-state index in [9.17, 15) is 0 Å². The maximum Gasteiger partial charge on any atom is 0.0387 e. The molecule has 5 aromatic carbocycles. The van der Waals surface area contributed by atoms with Gasteiger partial charge in [-0.2, -0.15) is 0 Å². The Morgan fingerprint density at radius 1 is 0.488 bits per heavy atom. The summed E-state index contributed by atoms with van der Waals surface area (Å²) >= 11 is 0. The molecule has 41 heavy (non-hydrogen) atoms. The van der Waals surface area contributed by atoms with Gasteiger partial charge in [-0.3, -0.25) is 0 Å². The van der Waals surface area contributed by atoms with Gasteiger partial charge in [0.05, 0.1) is 0 Å². The van der Waals surface area contributed by atoms with Gasteiger partial charge >= 0.3 is 0 Å². The zero-order chi connectivity index (χ0) is 29.3. The van der Waals surface area contributed by atoms with Crippen molar-refractivity contribution in [3.05, 3.63) is 119 Å². The third-order valence-corrected chi connectivity index (χ3v) is 9.38. The minimum atomic E-state index is -0.0722. The number of hydrogen-bond donors (Lipinski definition) is 1. The largest absolute Gasteiger partial charge is 0.356 e. The molecule has 0 spiro atoms. The molecule has 1 heteroatoms. The van der Waals surface area contributed by atoms with Crippen molar-refractivity contribution in [1.29, 1.82) is 0 Å². The highest BCUT2D eigenvalue weighted by atomic mass is 14.9. The van der Waals surface area contributed by atoms with Crippen LogP contribution in [0.5, 0.6) is 0 Å². The molecule has 0 heterocycles. The average Bonchev–Trinajstić information content (AvgIpc) is 3.30. The lowest BCUT2D eigenvalue weighted by Gasteiger charge is -2.24. The van der Waals surface area contributed by atoms with Crippen molar-refractivity contribution in [3.8, 4) is 22.3 Å². The van der Waals surface area contributed by atoms with Crippen molar-refractivity contribution in [1.82, 2.24) is 0 Å². The highest BCUT2D eigenvalue weighted by Gasteiger charge is 2.41. The van der Waals surface area contributed by atoms with E-state index in [1.165, 1.54) is 60.8 Å². The minimum Gasteiger partial charge on any atom is -0.356 e. The molecule has 0 amide bonds. The van der Waals surface area contributed by atoms with Crippen LogP contribution < -0.4 is 5.32 Å². The van der Waals surface area contributed by atoms with Gasteiger partial charge in [-0.15, -0.1) is 0 Å². The fourth-order valence-corrected chi connectivity index (χ4v) is 6.94. The third kappa shape index (κ3) is 4.21.